The van der Waals surface area contributed by atoms with Gasteiger partial charge in [-0.1, -0.05) is 43.4 Å². The summed E-state index contributed by atoms with van der Waals surface area (Å²) >= 11 is 1.36. The van der Waals surface area contributed by atoms with E-state index in [0.29, 0.717) is 16.0 Å². The van der Waals surface area contributed by atoms with E-state index in [1.165, 1.54) is 28.1 Å². The van der Waals surface area contributed by atoms with Crippen molar-refractivity contribution in [2.75, 3.05) is 12.4 Å². The molecule has 0 aliphatic carbocycles. The van der Waals surface area contributed by atoms with Gasteiger partial charge in [-0.05, 0) is 18.4 Å². The molecule has 0 radical (unpaired) electrons. The molecule has 1 N–H and O–H groups in total. The SMILES string of the molecule is COc1ccccc1C(CC(C)C)Nc1nn2c(=O)ccnc2s1. The predicted molar refractivity (Wildman–Crippen MR) is 95.9 cm³/mol. The van der Waals surface area contributed by atoms with Gasteiger partial charge in [-0.2, -0.15) is 4.52 Å². The number of aromatic nitrogens is 3. The standard InChI is InChI=1S/C17H20N4O2S/c1-11(2)10-13(12-6-4-5-7-14(12)23-3)19-16-20-21-15(22)8-9-18-17(21)24-16/h4-9,11,13H,10H2,1-3H3,(H,19,20). The molecule has 0 amide bonds. The maximum Gasteiger partial charge on any atom is 0.275 e. The van der Waals surface area contributed by atoms with Crippen molar-refractivity contribution in [1.29, 1.82) is 0 Å². The number of benzene rings is 1. The van der Waals surface area contributed by atoms with Gasteiger partial charge in [0.1, 0.15) is 5.75 Å². The molecule has 0 saturated heterocycles. The van der Waals surface area contributed by atoms with Gasteiger partial charge in [-0.25, -0.2) is 4.98 Å². The Labute approximate surface area is 144 Å². The molecule has 3 rings (SSSR count). The number of para-hydroxylation sites is 1. The zero-order chi connectivity index (χ0) is 17.1. The Hall–Kier alpha value is -2.41. The van der Waals surface area contributed by atoms with Crippen molar-refractivity contribution >= 4 is 21.4 Å². The van der Waals surface area contributed by atoms with Gasteiger partial charge < -0.3 is 10.1 Å². The van der Waals surface area contributed by atoms with Crippen molar-refractivity contribution in [3.63, 3.8) is 0 Å². The average Bonchev–Trinajstić information content (AvgIpc) is 2.98. The minimum atomic E-state index is -0.179. The highest BCUT2D eigenvalue weighted by atomic mass is 32.1. The molecular weight excluding hydrogens is 324 g/mol. The summed E-state index contributed by atoms with van der Waals surface area (Å²) in [6.07, 6.45) is 2.42. The van der Waals surface area contributed by atoms with Crippen LogP contribution in [0.15, 0.2) is 41.3 Å². The van der Waals surface area contributed by atoms with Crippen LogP contribution in [0, 0.1) is 5.92 Å². The van der Waals surface area contributed by atoms with Crippen LogP contribution in [-0.4, -0.2) is 21.7 Å². The molecule has 1 unspecified atom stereocenters. The second-order valence-electron chi connectivity index (χ2n) is 5.95. The third kappa shape index (κ3) is 3.41. The molecule has 2 heterocycles. The molecule has 0 spiro atoms. The molecule has 0 bridgehead atoms. The first-order valence-electron chi connectivity index (χ1n) is 7.83. The van der Waals surface area contributed by atoms with Gasteiger partial charge in [0.25, 0.3) is 5.56 Å². The quantitative estimate of drug-likeness (QED) is 0.742. The first kappa shape index (κ1) is 16.4. The Morgan fingerprint density at radius 3 is 2.79 bits per heavy atom. The molecule has 1 atom stereocenters. The summed E-state index contributed by atoms with van der Waals surface area (Å²) in [6.45, 7) is 4.35. The largest absolute Gasteiger partial charge is 0.496 e. The molecule has 1 aromatic carbocycles. The minimum Gasteiger partial charge on any atom is -0.496 e. The summed E-state index contributed by atoms with van der Waals surface area (Å²) in [5.74, 6) is 1.33. The number of rotatable bonds is 6. The minimum absolute atomic E-state index is 0.0393. The van der Waals surface area contributed by atoms with Crippen LogP contribution in [0.3, 0.4) is 0 Å². The van der Waals surface area contributed by atoms with Crippen molar-refractivity contribution in [3.05, 3.63) is 52.4 Å². The molecular formula is C17H20N4O2S. The van der Waals surface area contributed by atoms with Gasteiger partial charge >= 0.3 is 0 Å². The van der Waals surface area contributed by atoms with Crippen molar-refractivity contribution in [3.8, 4) is 5.75 Å². The fourth-order valence-electron chi connectivity index (χ4n) is 2.64. The number of hydrogen-bond donors (Lipinski definition) is 1. The molecule has 0 aliphatic rings. The Kier molecular flexibility index (Phi) is 4.80. The summed E-state index contributed by atoms with van der Waals surface area (Å²) in [5.41, 5.74) is 0.898. The zero-order valence-electron chi connectivity index (χ0n) is 13.9. The van der Waals surface area contributed by atoms with E-state index in [-0.39, 0.29) is 11.6 Å². The maximum absolute atomic E-state index is 11.8. The number of fused-ring (bicyclic) bond motifs is 1. The Morgan fingerprint density at radius 2 is 2.08 bits per heavy atom. The number of anilines is 1. The normalized spacial score (nSPS) is 12.5. The second-order valence-corrected chi connectivity index (χ2v) is 6.91. The number of methoxy groups -OCH3 is 1. The van der Waals surface area contributed by atoms with E-state index in [9.17, 15) is 4.79 Å². The number of ether oxygens (including phenoxy) is 1. The van der Waals surface area contributed by atoms with Crippen LogP contribution >= 0.6 is 11.3 Å². The van der Waals surface area contributed by atoms with Crippen LogP contribution in [-0.2, 0) is 0 Å². The lowest BCUT2D eigenvalue weighted by molar-refractivity contribution is 0.402. The highest BCUT2D eigenvalue weighted by molar-refractivity contribution is 7.20. The summed E-state index contributed by atoms with van der Waals surface area (Å²) in [5, 5.41) is 8.46. The van der Waals surface area contributed by atoms with Crippen LogP contribution in [0.1, 0.15) is 31.9 Å². The summed E-state index contributed by atoms with van der Waals surface area (Å²) in [4.78, 5) is 16.6. The second kappa shape index (κ2) is 7.00. The molecule has 6 nitrogen and oxygen atoms in total. The molecule has 24 heavy (non-hydrogen) atoms. The lowest BCUT2D eigenvalue weighted by Gasteiger charge is -2.22. The molecule has 7 heteroatoms. The first-order valence-corrected chi connectivity index (χ1v) is 8.64. The fourth-order valence-corrected chi connectivity index (χ4v) is 3.47. The molecule has 0 aliphatic heterocycles. The highest BCUT2D eigenvalue weighted by Gasteiger charge is 2.19. The third-order valence-corrected chi connectivity index (χ3v) is 4.54. The van der Waals surface area contributed by atoms with Crippen LogP contribution in [0.4, 0.5) is 5.13 Å². The number of hydrogen-bond acceptors (Lipinski definition) is 6. The van der Waals surface area contributed by atoms with E-state index in [0.717, 1.165) is 17.7 Å². The van der Waals surface area contributed by atoms with Crippen molar-refractivity contribution in [2.45, 2.75) is 26.3 Å². The van der Waals surface area contributed by atoms with Gasteiger partial charge in [0.2, 0.25) is 10.1 Å². The molecule has 3 aromatic rings. The lowest BCUT2D eigenvalue weighted by atomic mass is 9.96. The van der Waals surface area contributed by atoms with E-state index in [4.69, 9.17) is 4.74 Å². The van der Waals surface area contributed by atoms with E-state index < -0.39 is 0 Å². The Bertz CT molecular complexity index is 887. The Balaban J connectivity index is 1.96. The van der Waals surface area contributed by atoms with Crippen molar-refractivity contribution in [2.24, 2.45) is 5.92 Å². The fraction of sp³-hybridized carbons (Fsp3) is 0.353. The predicted octanol–water partition coefficient (Wildman–Crippen LogP) is 3.36. The van der Waals surface area contributed by atoms with Crippen LogP contribution < -0.4 is 15.6 Å². The van der Waals surface area contributed by atoms with Crippen LogP contribution in [0.25, 0.3) is 4.96 Å². The summed E-state index contributed by atoms with van der Waals surface area (Å²) in [6, 6.07) is 9.40. The van der Waals surface area contributed by atoms with Gasteiger partial charge in [0.05, 0.1) is 13.2 Å². The van der Waals surface area contributed by atoms with Crippen molar-refractivity contribution in [1.82, 2.24) is 14.6 Å². The number of nitrogens with one attached hydrogen (secondary N) is 1. The zero-order valence-corrected chi connectivity index (χ0v) is 14.7. The molecule has 0 saturated carbocycles. The van der Waals surface area contributed by atoms with E-state index in [1.807, 2.05) is 18.2 Å². The first-order chi connectivity index (χ1) is 11.6. The summed E-state index contributed by atoms with van der Waals surface area (Å²) in [7, 11) is 1.67. The lowest BCUT2D eigenvalue weighted by Crippen LogP contribution is -2.16. The Morgan fingerprint density at radius 1 is 1.29 bits per heavy atom. The van der Waals surface area contributed by atoms with Crippen LogP contribution in [0.2, 0.25) is 0 Å². The van der Waals surface area contributed by atoms with Crippen LogP contribution in [0.5, 0.6) is 5.75 Å². The van der Waals surface area contributed by atoms with Gasteiger partial charge in [-0.3, -0.25) is 4.79 Å². The highest BCUT2D eigenvalue weighted by Crippen LogP contribution is 2.33. The summed E-state index contributed by atoms with van der Waals surface area (Å²) < 4.78 is 6.82. The third-order valence-electron chi connectivity index (χ3n) is 3.69. The van der Waals surface area contributed by atoms with E-state index >= 15 is 0 Å². The van der Waals surface area contributed by atoms with Crippen molar-refractivity contribution < 1.29 is 4.74 Å². The molecule has 2 aromatic heterocycles. The number of nitrogens with zero attached hydrogens (tertiary/aromatic N) is 3. The monoisotopic (exact) mass is 344 g/mol. The van der Waals surface area contributed by atoms with Gasteiger partial charge in [0, 0.05) is 17.8 Å². The topological polar surface area (TPSA) is 68.5 Å². The van der Waals surface area contributed by atoms with E-state index in [1.54, 1.807) is 7.11 Å². The van der Waals surface area contributed by atoms with E-state index in [2.05, 4.69) is 35.3 Å². The van der Waals surface area contributed by atoms with Gasteiger partial charge in [0.15, 0.2) is 0 Å². The molecule has 126 valence electrons. The van der Waals surface area contributed by atoms with Gasteiger partial charge in [-0.15, -0.1) is 5.10 Å². The smallest absolute Gasteiger partial charge is 0.275 e. The maximum atomic E-state index is 11.8. The average molecular weight is 344 g/mol. The molecule has 0 fully saturated rings.